The maximum absolute atomic E-state index is 14.9. The van der Waals surface area contributed by atoms with E-state index < -0.39 is 427 Å². The minimum absolute atomic E-state index is 0.293. The number of aliphatic hydroxyl groups is 26. The summed E-state index contributed by atoms with van der Waals surface area (Å²) >= 11 is 0. The smallest absolute Gasteiger partial charge is 0.332 e. The van der Waals surface area contributed by atoms with E-state index in [1.54, 1.807) is 0 Å². The summed E-state index contributed by atoms with van der Waals surface area (Å²) in [4.78, 5) is 87.2. The van der Waals surface area contributed by atoms with Crippen molar-refractivity contribution < 1.29 is 279 Å². The summed E-state index contributed by atoms with van der Waals surface area (Å²) in [7, 11) is 1.08. The minimum Gasteiger partial charge on any atom is -0.410 e. The molecule has 0 aromatic carbocycles. The Kier molecular flexibility index (Phi) is 42.0. The van der Waals surface area contributed by atoms with Crippen LogP contribution in [0.5, 0.6) is 0 Å². The number of alkyl halides is 2. The first-order valence-electron chi connectivity index (χ1n) is 43.7. The Morgan fingerprint density at radius 3 is 0.957 bits per heavy atom. The Hall–Kier alpha value is -5.69. The van der Waals surface area contributed by atoms with E-state index in [1.165, 1.54) is 0 Å². The highest BCUT2D eigenvalue weighted by atomic mass is 19.1. The largest absolute Gasteiger partial charge is 0.410 e. The van der Waals surface area contributed by atoms with Crippen LogP contribution in [0.2, 0.25) is 0 Å². The molecule has 0 aliphatic carbocycles. The number of ether oxygens (including phenoxy) is 22. The number of halogens is 2. The Labute approximate surface area is 785 Å². The maximum atomic E-state index is 14.9. The number of carbonyl (C=O) groups is 7. The van der Waals surface area contributed by atoms with Gasteiger partial charge >= 0.3 is 11.9 Å². The Balaban J connectivity index is 0.911. The first-order valence-corrected chi connectivity index (χ1v) is 43.7. The molecule has 60 nitrogen and oxygen atoms in total. The van der Waals surface area contributed by atoms with Gasteiger partial charge in [0.1, 0.15) is 220 Å². The van der Waals surface area contributed by atoms with Crippen molar-refractivity contribution in [1.82, 2.24) is 26.6 Å². The van der Waals surface area contributed by atoms with Crippen molar-refractivity contribution in [3.05, 3.63) is 0 Å². The van der Waals surface area contributed by atoms with Crippen LogP contribution >= 0.6 is 0 Å². The molecular formula is C77H125F2N5O55. The van der Waals surface area contributed by atoms with Crippen molar-refractivity contribution in [2.24, 2.45) is 0 Å². The molecule has 0 saturated carbocycles. The van der Waals surface area contributed by atoms with Gasteiger partial charge in [-0.15, -0.1) is 0 Å². The van der Waals surface area contributed by atoms with Crippen LogP contribution in [0, 0.1) is 0 Å². The predicted octanol–water partition coefficient (Wildman–Crippen LogP) is -21.0. The first-order chi connectivity index (χ1) is 65.7. The highest BCUT2D eigenvalue weighted by Gasteiger charge is 2.64. The molecule has 0 spiro atoms. The summed E-state index contributed by atoms with van der Waals surface area (Å²) < 4.78 is 158. The van der Waals surface area contributed by atoms with E-state index in [2.05, 4.69) is 26.6 Å². The zero-order valence-electron chi connectivity index (χ0n) is 74.7. The summed E-state index contributed by atoms with van der Waals surface area (Å²) in [5, 5.41) is 305. The predicted molar refractivity (Wildman–Crippen MR) is 424 cm³/mol. The van der Waals surface area contributed by atoms with Gasteiger partial charge in [0.2, 0.25) is 29.5 Å². The molecular weight excluding hydrogens is 1910 g/mol. The van der Waals surface area contributed by atoms with Crippen molar-refractivity contribution in [2.45, 2.75) is 366 Å². The van der Waals surface area contributed by atoms with Crippen molar-refractivity contribution >= 4 is 42.5 Å². The molecule has 52 atom stereocenters. The second-order valence-corrected chi connectivity index (χ2v) is 34.4. The second kappa shape index (κ2) is 50.6. The molecule has 0 radical (unpaired) electrons. The third-order valence-corrected chi connectivity index (χ3v) is 24.7. The number of rotatable bonds is 42. The number of amides is 5. The van der Waals surface area contributed by atoms with Crippen LogP contribution in [0.25, 0.3) is 0 Å². The monoisotopic (exact) mass is 2040 g/mol. The van der Waals surface area contributed by atoms with E-state index in [0.717, 1.165) is 41.7 Å². The van der Waals surface area contributed by atoms with Crippen LogP contribution < -0.4 is 26.6 Å². The Bertz CT molecular complexity index is 3890. The SMILES string of the molecule is COC1OC(CO)C(OC2OC(COC3OC(CO)C(O)C(O)C3OC3OC(CO)C(OC4OC(COC5(OC=O)CC(O)C(NC(C)=O)C([C@H](O)C(F)CO)O5)C(O)C(O)C4O)C(O)C3NC(C)=O)C(O)C(OC3OC(CO)C(O)C(O)C3OC3OC(CO)C(OC4OC(COC5(OC=O)CC(O)C(NC(C)=O)C([C@H](O)C(F)CO)O5)C(O)C(O)C4O)C(O)C3NC(C)=O)C2O)C(O)C1NC(C)=O. The molecule has 10 rings (SSSR count). The normalized spacial score (nSPS) is 45.9. The van der Waals surface area contributed by atoms with Gasteiger partial charge in [0.15, 0.2) is 62.7 Å². The zero-order chi connectivity index (χ0) is 103. The average Bonchev–Trinajstić information content (AvgIpc) is 0.761. The van der Waals surface area contributed by atoms with Gasteiger partial charge in [0.05, 0.1) is 103 Å². The highest BCUT2D eigenvalue weighted by Crippen LogP contribution is 2.43. The summed E-state index contributed by atoms with van der Waals surface area (Å²) in [6.45, 7) is -8.14. The molecule has 0 aromatic heterocycles. The molecule has 62 heteroatoms. The number of nitrogens with one attached hydrogen (secondary N) is 5. The van der Waals surface area contributed by atoms with E-state index in [4.69, 9.17) is 104 Å². The van der Waals surface area contributed by atoms with Crippen molar-refractivity contribution in [3.8, 4) is 0 Å². The molecule has 139 heavy (non-hydrogen) atoms. The van der Waals surface area contributed by atoms with Crippen LogP contribution in [0.15, 0.2) is 0 Å². The molecule has 10 heterocycles. The second-order valence-electron chi connectivity index (χ2n) is 34.4. The summed E-state index contributed by atoms with van der Waals surface area (Å²) in [6.07, 6.45) is -102. The van der Waals surface area contributed by atoms with Gasteiger partial charge in [-0.2, -0.15) is 0 Å². The quantitative estimate of drug-likeness (QED) is 0.0199. The number of carbonyl (C=O) groups excluding carboxylic acids is 7. The number of methoxy groups -OCH3 is 1. The van der Waals surface area contributed by atoms with Gasteiger partial charge < -0.3 is 264 Å². The minimum atomic E-state index is -2.90. The molecule has 31 N–H and O–H groups in total. The van der Waals surface area contributed by atoms with E-state index in [9.17, 15) is 175 Å². The molecule has 802 valence electrons. The molecule has 10 aliphatic rings. The van der Waals surface area contributed by atoms with Gasteiger partial charge in [-0.1, -0.05) is 0 Å². The van der Waals surface area contributed by atoms with Crippen molar-refractivity contribution in [3.63, 3.8) is 0 Å². The average molecular weight is 2040 g/mol. The lowest BCUT2D eigenvalue weighted by molar-refractivity contribution is -0.420. The zero-order valence-corrected chi connectivity index (χ0v) is 74.7. The lowest BCUT2D eigenvalue weighted by atomic mass is 9.91. The number of hydrogen-bond donors (Lipinski definition) is 31. The van der Waals surface area contributed by atoms with Gasteiger partial charge in [-0.05, 0) is 0 Å². The van der Waals surface area contributed by atoms with Gasteiger partial charge in [-0.25, -0.2) is 8.78 Å². The summed E-state index contributed by atoms with van der Waals surface area (Å²) in [5.41, 5.74) is 0. The standard InChI is InChI=1S/C77H125F2N5O55/c1-21(94)80-38-28(99)7-76(122-19-92,138-63(38)43(101)26(78)9-85)120-17-36-47(105)53(111)57(115)71(130-36)132-61-33(14-90)127-69(41(51(61)109)83-24(4)97)136-66-55(113)45(103)30(11-87)124-74(66)119-16-35-49(107)65(59(117)73(129-35)134-60-32(13-89)126-68(118-6)40(50(60)108)82-23(3)96)135-75-67(56(114)46(104)31(12-88)125-75)137-70-42(84-25(5)98)52(110)62(34(15-91)128-70)133-72-58(116)54(112)48(106)37(131-72)18-121-77(123-20-93)8-29(100)39(81-22(2)95)64(139-77)44(102)27(79)10-86/h19-20,26-75,85-91,99-117H,7-18H2,1-6H3,(H,80,94)(H,81,95)(H,82,96)(H,83,97)(H,84,98)/t26?,27?,28?,29?,30?,31?,32?,33?,34?,35?,36?,37?,38?,39?,40?,41?,42?,43-,44-,45?,46?,47?,48?,49?,50?,51?,52?,53?,54?,55?,56?,57?,58?,59?,60?,61?,62?,63?,64?,65?,66?,67?,68?,69?,70?,71?,72?,73?,74?,75?,76?,77?/m1/s1. The molecule has 10 fully saturated rings. The van der Waals surface area contributed by atoms with E-state index in [0.29, 0.717) is 0 Å². The Morgan fingerprint density at radius 2 is 0.619 bits per heavy atom. The van der Waals surface area contributed by atoms with Crippen LogP contribution in [0.3, 0.4) is 0 Å². The van der Waals surface area contributed by atoms with E-state index in [-0.39, 0.29) is 12.9 Å². The molecule has 10 aliphatic heterocycles. The third kappa shape index (κ3) is 26.5. The van der Waals surface area contributed by atoms with Crippen LogP contribution in [0.1, 0.15) is 47.5 Å². The van der Waals surface area contributed by atoms with Gasteiger partial charge in [0.25, 0.3) is 12.9 Å². The topological polar surface area (TPSA) is 909 Å². The molecule has 0 aromatic rings. The van der Waals surface area contributed by atoms with Gasteiger partial charge in [0, 0.05) is 41.7 Å². The molecule has 0 bridgehead atoms. The van der Waals surface area contributed by atoms with Crippen LogP contribution in [0.4, 0.5) is 8.78 Å². The highest BCUT2D eigenvalue weighted by molar-refractivity contribution is 5.75. The lowest BCUT2D eigenvalue weighted by Gasteiger charge is -2.51. The van der Waals surface area contributed by atoms with Crippen molar-refractivity contribution in [1.29, 1.82) is 0 Å². The summed E-state index contributed by atoms with van der Waals surface area (Å²) in [5.74, 6) is -10.4. The van der Waals surface area contributed by atoms with E-state index in [1.807, 2.05) is 0 Å². The number of hydrogen-bond acceptors (Lipinski definition) is 55. The van der Waals surface area contributed by atoms with Crippen molar-refractivity contribution in [2.75, 3.05) is 73.2 Å². The lowest BCUT2D eigenvalue weighted by Crippen LogP contribution is -2.70. The fourth-order valence-corrected chi connectivity index (χ4v) is 17.6. The van der Waals surface area contributed by atoms with E-state index >= 15 is 0 Å². The van der Waals surface area contributed by atoms with Crippen LogP contribution in [-0.2, 0) is 138 Å². The molecule has 5 amide bonds. The van der Waals surface area contributed by atoms with Crippen LogP contribution in [-0.4, -0.2) is 567 Å². The maximum Gasteiger partial charge on any atom is 0.332 e. The number of aliphatic hydroxyl groups excluding tert-OH is 26. The third-order valence-electron chi connectivity index (χ3n) is 24.7. The fraction of sp³-hybridized carbons (Fsp3) is 0.909. The molecule has 10 saturated heterocycles. The molecule has 50 unspecified atom stereocenters. The Morgan fingerprint density at radius 1 is 0.331 bits per heavy atom. The summed E-state index contributed by atoms with van der Waals surface area (Å²) in [6, 6.07) is -9.12. The van der Waals surface area contributed by atoms with Gasteiger partial charge in [-0.3, -0.25) is 33.6 Å². The fourth-order valence-electron chi connectivity index (χ4n) is 17.6. The first kappa shape index (κ1) is 115.